The van der Waals surface area contributed by atoms with Gasteiger partial charge in [-0.15, -0.1) is 0 Å². The summed E-state index contributed by atoms with van der Waals surface area (Å²) >= 11 is 0. The SMILES string of the molecule is CC1(CNS(C)(=O)=O)COC(c2nc(-c3ccc(F)cc3)c(-c3ccnc(NCCN)n3)[nH]2)OC1. The van der Waals surface area contributed by atoms with Crippen LogP contribution in [0.2, 0.25) is 0 Å². The highest BCUT2D eigenvalue weighted by atomic mass is 32.2. The first-order valence-corrected chi connectivity index (χ1v) is 12.9. The molecule has 35 heavy (non-hydrogen) atoms. The van der Waals surface area contributed by atoms with Crippen LogP contribution in [0.4, 0.5) is 10.3 Å². The molecule has 5 N–H and O–H groups in total. The van der Waals surface area contributed by atoms with Gasteiger partial charge in [-0.05, 0) is 30.3 Å². The van der Waals surface area contributed by atoms with E-state index >= 15 is 0 Å². The molecule has 1 saturated heterocycles. The number of H-pyrrole nitrogens is 1. The third-order valence-electron chi connectivity index (χ3n) is 5.33. The summed E-state index contributed by atoms with van der Waals surface area (Å²) in [6.45, 7) is 3.50. The van der Waals surface area contributed by atoms with Crippen molar-refractivity contribution < 1.29 is 22.3 Å². The van der Waals surface area contributed by atoms with Crippen molar-refractivity contribution in [2.45, 2.75) is 13.2 Å². The number of halogens is 1. The number of aromatic nitrogens is 4. The molecular weight excluding hydrogens is 477 g/mol. The maximum atomic E-state index is 13.6. The van der Waals surface area contributed by atoms with Crippen molar-refractivity contribution in [1.29, 1.82) is 0 Å². The fourth-order valence-electron chi connectivity index (χ4n) is 3.48. The van der Waals surface area contributed by atoms with E-state index in [0.717, 1.165) is 6.26 Å². The molecule has 0 spiro atoms. The van der Waals surface area contributed by atoms with Crippen molar-refractivity contribution in [2.75, 3.05) is 44.4 Å². The average Bonchev–Trinajstić information content (AvgIpc) is 3.28. The normalized spacial score (nSPS) is 20.6. The summed E-state index contributed by atoms with van der Waals surface area (Å²) < 4.78 is 50.8. The minimum absolute atomic E-state index is 0.183. The highest BCUT2D eigenvalue weighted by Gasteiger charge is 2.35. The minimum Gasteiger partial charge on any atom is -0.353 e. The zero-order valence-corrected chi connectivity index (χ0v) is 20.2. The average molecular weight is 506 g/mol. The van der Waals surface area contributed by atoms with Gasteiger partial charge in [-0.1, -0.05) is 6.92 Å². The van der Waals surface area contributed by atoms with Crippen LogP contribution in [0.5, 0.6) is 0 Å². The molecule has 1 fully saturated rings. The number of hydrogen-bond donors (Lipinski definition) is 4. The second-order valence-corrected chi connectivity index (χ2v) is 10.5. The van der Waals surface area contributed by atoms with Crippen LogP contribution in [-0.2, 0) is 19.5 Å². The van der Waals surface area contributed by atoms with E-state index in [4.69, 9.17) is 20.2 Å². The number of hydrogen-bond acceptors (Lipinski definition) is 9. The van der Waals surface area contributed by atoms with Crippen LogP contribution in [-0.4, -0.2) is 67.5 Å². The Kier molecular flexibility index (Phi) is 7.42. The van der Waals surface area contributed by atoms with Gasteiger partial charge < -0.3 is 25.5 Å². The first-order chi connectivity index (χ1) is 16.7. The predicted octanol–water partition coefficient (Wildman–Crippen LogP) is 1.64. The Bertz CT molecular complexity index is 1260. The summed E-state index contributed by atoms with van der Waals surface area (Å²) in [5.74, 6) is 0.461. The van der Waals surface area contributed by atoms with Gasteiger partial charge in [-0.3, -0.25) is 0 Å². The number of aromatic amines is 1. The number of anilines is 1. The molecule has 11 nitrogen and oxygen atoms in total. The number of imidazole rings is 1. The van der Waals surface area contributed by atoms with Gasteiger partial charge in [-0.25, -0.2) is 32.5 Å². The number of benzene rings is 1. The molecule has 3 heterocycles. The van der Waals surface area contributed by atoms with Gasteiger partial charge in [-0.2, -0.15) is 0 Å². The summed E-state index contributed by atoms with van der Waals surface area (Å²) in [6, 6.07) is 7.70. The molecule has 0 radical (unpaired) electrons. The summed E-state index contributed by atoms with van der Waals surface area (Å²) in [5.41, 5.74) is 7.39. The van der Waals surface area contributed by atoms with Crippen molar-refractivity contribution >= 4 is 16.0 Å². The Morgan fingerprint density at radius 1 is 1.20 bits per heavy atom. The molecule has 0 bridgehead atoms. The van der Waals surface area contributed by atoms with Crippen LogP contribution < -0.4 is 15.8 Å². The van der Waals surface area contributed by atoms with Gasteiger partial charge in [0.05, 0.1) is 36.6 Å². The largest absolute Gasteiger partial charge is 0.353 e. The number of sulfonamides is 1. The topological polar surface area (TPSA) is 157 Å². The second-order valence-electron chi connectivity index (χ2n) is 8.69. The standard InChI is InChI=1S/C22H28FN7O4S/c1-22(11-27-35(2,31)32)12-33-20(34-13-22)19-29-17(14-3-5-15(23)6-4-14)18(30-19)16-7-9-25-21(28-16)26-10-8-24/h3-7,9,20,27H,8,10-13,24H2,1-2H3,(H,29,30)(H,25,26,28). The molecule has 0 unspecified atom stereocenters. The number of nitrogens with zero attached hydrogens (tertiary/aromatic N) is 3. The van der Waals surface area contributed by atoms with Gasteiger partial charge in [0, 0.05) is 36.8 Å². The second kappa shape index (κ2) is 10.3. The lowest BCUT2D eigenvalue weighted by molar-refractivity contribution is -0.231. The van der Waals surface area contributed by atoms with E-state index in [9.17, 15) is 12.8 Å². The van der Waals surface area contributed by atoms with E-state index in [1.165, 1.54) is 12.1 Å². The smallest absolute Gasteiger partial charge is 0.223 e. The Labute approximate surface area is 202 Å². The van der Waals surface area contributed by atoms with Gasteiger partial charge >= 0.3 is 0 Å². The molecule has 3 aromatic rings. The van der Waals surface area contributed by atoms with Crippen LogP contribution in [0.15, 0.2) is 36.5 Å². The van der Waals surface area contributed by atoms with E-state index in [1.807, 2.05) is 6.92 Å². The highest BCUT2D eigenvalue weighted by molar-refractivity contribution is 7.88. The number of nitrogens with two attached hydrogens (primary N) is 1. The van der Waals surface area contributed by atoms with E-state index < -0.39 is 21.7 Å². The first kappa shape index (κ1) is 25.1. The van der Waals surface area contributed by atoms with Crippen molar-refractivity contribution in [2.24, 2.45) is 11.1 Å². The number of ether oxygens (including phenoxy) is 2. The van der Waals surface area contributed by atoms with Crippen molar-refractivity contribution in [1.82, 2.24) is 24.7 Å². The molecule has 0 saturated carbocycles. The third kappa shape index (κ3) is 6.38. The van der Waals surface area contributed by atoms with Gasteiger partial charge in [0.15, 0.2) is 5.82 Å². The lowest BCUT2D eigenvalue weighted by Crippen LogP contribution is -2.45. The molecule has 188 valence electrons. The van der Waals surface area contributed by atoms with E-state index in [1.54, 1.807) is 24.4 Å². The molecule has 13 heteroatoms. The third-order valence-corrected chi connectivity index (χ3v) is 6.00. The fourth-order valence-corrected chi connectivity index (χ4v) is 4.09. The summed E-state index contributed by atoms with van der Waals surface area (Å²) in [6.07, 6.45) is 1.92. The monoisotopic (exact) mass is 505 g/mol. The number of rotatable bonds is 9. The molecule has 1 aliphatic heterocycles. The van der Waals surface area contributed by atoms with Crippen molar-refractivity contribution in [3.63, 3.8) is 0 Å². The van der Waals surface area contributed by atoms with E-state index in [0.29, 0.717) is 47.5 Å². The molecule has 0 amide bonds. The maximum Gasteiger partial charge on any atom is 0.223 e. The Morgan fingerprint density at radius 2 is 1.91 bits per heavy atom. The predicted molar refractivity (Wildman–Crippen MR) is 128 cm³/mol. The fraction of sp³-hybridized carbons (Fsp3) is 0.409. The molecule has 4 rings (SSSR count). The van der Waals surface area contributed by atoms with Crippen molar-refractivity contribution in [3.05, 3.63) is 48.2 Å². The Morgan fingerprint density at radius 3 is 2.57 bits per heavy atom. The summed E-state index contributed by atoms with van der Waals surface area (Å²) in [7, 11) is -3.33. The summed E-state index contributed by atoms with van der Waals surface area (Å²) in [4.78, 5) is 16.7. The molecule has 0 atom stereocenters. The van der Waals surface area contributed by atoms with E-state index in [-0.39, 0.29) is 25.6 Å². The summed E-state index contributed by atoms with van der Waals surface area (Å²) in [5, 5.41) is 3.04. The van der Waals surface area contributed by atoms with E-state index in [2.05, 4.69) is 25.0 Å². The molecule has 1 aromatic carbocycles. The first-order valence-electron chi connectivity index (χ1n) is 11.0. The Balaban J connectivity index is 1.62. The van der Waals surface area contributed by atoms with Gasteiger partial charge in [0.25, 0.3) is 0 Å². The Hall–Kier alpha value is -2.97. The van der Waals surface area contributed by atoms with Gasteiger partial charge in [0.2, 0.25) is 22.3 Å². The quantitative estimate of drug-likeness (QED) is 0.339. The molecule has 0 aliphatic carbocycles. The van der Waals surface area contributed by atoms with Crippen LogP contribution in [0, 0.1) is 11.2 Å². The van der Waals surface area contributed by atoms with Gasteiger partial charge in [0.1, 0.15) is 5.82 Å². The van der Waals surface area contributed by atoms with Crippen LogP contribution in [0.3, 0.4) is 0 Å². The maximum absolute atomic E-state index is 13.6. The zero-order valence-electron chi connectivity index (χ0n) is 19.4. The van der Waals surface area contributed by atoms with Crippen LogP contribution >= 0.6 is 0 Å². The van der Waals surface area contributed by atoms with Crippen LogP contribution in [0.1, 0.15) is 19.0 Å². The highest BCUT2D eigenvalue weighted by Crippen LogP contribution is 2.35. The van der Waals surface area contributed by atoms with Crippen LogP contribution in [0.25, 0.3) is 22.6 Å². The lowest BCUT2D eigenvalue weighted by atomic mass is 9.92. The lowest BCUT2D eigenvalue weighted by Gasteiger charge is -2.36. The zero-order chi connectivity index (χ0) is 25.1. The molecule has 2 aromatic heterocycles. The molecular formula is C22H28FN7O4S. The minimum atomic E-state index is -3.33. The number of nitrogens with one attached hydrogen (secondary N) is 3. The van der Waals surface area contributed by atoms with Crippen molar-refractivity contribution in [3.8, 4) is 22.6 Å². The molecule has 1 aliphatic rings.